The number of nitro benzene ring substituents is 1. The van der Waals surface area contributed by atoms with Crippen molar-refractivity contribution in [3.63, 3.8) is 0 Å². The highest BCUT2D eigenvalue weighted by molar-refractivity contribution is 6.03. The number of nitro groups is 1. The van der Waals surface area contributed by atoms with Crippen molar-refractivity contribution in [2.24, 2.45) is 0 Å². The van der Waals surface area contributed by atoms with Crippen LogP contribution in [0.4, 0.5) is 11.4 Å². The van der Waals surface area contributed by atoms with Crippen molar-refractivity contribution < 1.29 is 28.7 Å². The van der Waals surface area contributed by atoms with E-state index in [2.05, 4.69) is 5.32 Å². The number of fused-ring (bicyclic) bond motifs is 5. The predicted molar refractivity (Wildman–Crippen MR) is 156 cm³/mol. The molecule has 12 heteroatoms. The quantitative estimate of drug-likeness (QED) is 0.159. The molecule has 43 heavy (non-hydrogen) atoms. The molecule has 0 amide bonds. The van der Waals surface area contributed by atoms with Crippen LogP contribution in [0.2, 0.25) is 0 Å². The van der Waals surface area contributed by atoms with E-state index in [1.165, 1.54) is 17.6 Å². The van der Waals surface area contributed by atoms with Gasteiger partial charge < -0.3 is 24.1 Å². The number of pyridine rings is 2. The first-order valence-corrected chi connectivity index (χ1v) is 13.8. The van der Waals surface area contributed by atoms with E-state index in [0.29, 0.717) is 46.5 Å². The fourth-order valence-electron chi connectivity index (χ4n) is 5.99. The van der Waals surface area contributed by atoms with Gasteiger partial charge in [-0.1, -0.05) is 25.1 Å². The van der Waals surface area contributed by atoms with Crippen LogP contribution >= 0.6 is 0 Å². The van der Waals surface area contributed by atoms with Gasteiger partial charge in [0.2, 0.25) is 5.60 Å². The minimum Gasteiger partial charge on any atom is -0.497 e. The molecule has 4 heterocycles. The van der Waals surface area contributed by atoms with Crippen molar-refractivity contribution in [2.75, 3.05) is 19.0 Å². The zero-order valence-corrected chi connectivity index (χ0v) is 23.8. The summed E-state index contributed by atoms with van der Waals surface area (Å²) < 4.78 is 17.6. The number of rotatable bonds is 8. The Bertz CT molecular complexity index is 1880. The predicted octanol–water partition coefficient (Wildman–Crippen LogP) is 4.22. The summed E-state index contributed by atoms with van der Waals surface area (Å²) in [6.07, 6.45) is 0.676. The molecule has 12 nitrogen and oxygen atoms in total. The normalized spacial score (nSPS) is 16.6. The number of cyclic esters (lactones) is 1. The number of carbonyl (C=O) groups excluding carboxylic acids is 2. The van der Waals surface area contributed by atoms with Crippen LogP contribution in [-0.4, -0.2) is 40.1 Å². The number of esters is 2. The Balaban J connectivity index is 1.51. The maximum absolute atomic E-state index is 13.9. The zero-order valence-electron chi connectivity index (χ0n) is 23.8. The van der Waals surface area contributed by atoms with Gasteiger partial charge in [0, 0.05) is 30.7 Å². The van der Waals surface area contributed by atoms with Gasteiger partial charge in [-0.15, -0.1) is 0 Å². The molecule has 0 spiro atoms. The van der Waals surface area contributed by atoms with Crippen LogP contribution in [-0.2, 0) is 44.2 Å². The Kier molecular flexibility index (Phi) is 6.83. The number of non-ortho nitro benzene ring substituents is 1. The summed E-state index contributed by atoms with van der Waals surface area (Å²) in [6, 6.07) is 14.0. The maximum Gasteiger partial charge on any atom is 0.355 e. The number of ether oxygens (including phenoxy) is 3. The van der Waals surface area contributed by atoms with E-state index in [1.54, 1.807) is 32.2 Å². The van der Waals surface area contributed by atoms with Crippen LogP contribution in [0.3, 0.4) is 0 Å². The Labute approximate surface area is 245 Å². The standard InChI is InChI=1S/C31H28N4O8/c1-4-31(43-17(2)36)22-14-25-27-20(15-34(25)29(37)21(22)16-42-30(31)38)28(26-23(33-27)6-5-7-24(26)35(39)40)32-13-12-18-8-10-19(41-3)11-9-18/h5-11,14H,4,12-13,15-16H2,1-3H3,(H,32,33)/t31-/m0/s1. The number of anilines is 1. The molecule has 6 rings (SSSR count). The highest BCUT2D eigenvalue weighted by atomic mass is 16.6. The number of benzene rings is 2. The van der Waals surface area contributed by atoms with Crippen molar-refractivity contribution in [1.29, 1.82) is 0 Å². The highest BCUT2D eigenvalue weighted by Crippen LogP contribution is 2.44. The molecule has 220 valence electrons. The second-order valence-electron chi connectivity index (χ2n) is 10.4. The van der Waals surface area contributed by atoms with E-state index in [9.17, 15) is 24.5 Å². The van der Waals surface area contributed by atoms with Crippen LogP contribution in [0.15, 0.2) is 53.3 Å². The van der Waals surface area contributed by atoms with Crippen LogP contribution in [0.5, 0.6) is 5.75 Å². The van der Waals surface area contributed by atoms with Gasteiger partial charge in [0.1, 0.15) is 17.7 Å². The van der Waals surface area contributed by atoms with Crippen molar-refractivity contribution in [2.45, 2.75) is 45.4 Å². The average molecular weight is 585 g/mol. The number of methoxy groups -OCH3 is 1. The van der Waals surface area contributed by atoms with Gasteiger partial charge in [0.05, 0.1) is 46.7 Å². The molecular weight excluding hydrogens is 556 g/mol. The molecule has 0 aliphatic carbocycles. The zero-order chi connectivity index (χ0) is 30.5. The Morgan fingerprint density at radius 1 is 1.19 bits per heavy atom. The minimum absolute atomic E-state index is 0.0592. The topological polar surface area (TPSA) is 152 Å². The van der Waals surface area contributed by atoms with Crippen LogP contribution in [0.25, 0.3) is 22.3 Å². The molecule has 0 bridgehead atoms. The first-order valence-electron chi connectivity index (χ1n) is 13.8. The van der Waals surface area contributed by atoms with Gasteiger partial charge in [-0.25, -0.2) is 9.78 Å². The number of nitrogens with zero attached hydrogens (tertiary/aromatic N) is 3. The third-order valence-corrected chi connectivity index (χ3v) is 8.05. The van der Waals surface area contributed by atoms with Gasteiger partial charge in [-0.2, -0.15) is 0 Å². The van der Waals surface area contributed by atoms with E-state index in [-0.39, 0.29) is 36.4 Å². The van der Waals surface area contributed by atoms with Crippen molar-refractivity contribution in [1.82, 2.24) is 9.55 Å². The van der Waals surface area contributed by atoms with Crippen molar-refractivity contribution in [3.05, 3.63) is 91.3 Å². The summed E-state index contributed by atoms with van der Waals surface area (Å²) in [4.78, 5) is 55.4. The summed E-state index contributed by atoms with van der Waals surface area (Å²) in [5, 5.41) is 15.8. The second-order valence-corrected chi connectivity index (χ2v) is 10.4. The monoisotopic (exact) mass is 584 g/mol. The first-order chi connectivity index (χ1) is 20.7. The van der Waals surface area contributed by atoms with Crippen LogP contribution in [0, 0.1) is 10.1 Å². The fourth-order valence-corrected chi connectivity index (χ4v) is 5.99. The molecule has 2 aliphatic heterocycles. The Morgan fingerprint density at radius 3 is 2.63 bits per heavy atom. The number of hydrogen-bond acceptors (Lipinski definition) is 10. The minimum atomic E-state index is -1.77. The summed E-state index contributed by atoms with van der Waals surface area (Å²) in [6.45, 7) is 3.14. The van der Waals surface area contributed by atoms with E-state index in [1.807, 2.05) is 24.3 Å². The molecule has 1 N–H and O–H groups in total. The van der Waals surface area contributed by atoms with Crippen molar-refractivity contribution >= 4 is 34.2 Å². The summed E-state index contributed by atoms with van der Waals surface area (Å²) >= 11 is 0. The van der Waals surface area contributed by atoms with Gasteiger partial charge in [0.25, 0.3) is 11.2 Å². The molecule has 0 fully saturated rings. The third-order valence-electron chi connectivity index (χ3n) is 8.05. The third kappa shape index (κ3) is 4.46. The summed E-state index contributed by atoms with van der Waals surface area (Å²) in [7, 11) is 1.60. The first kappa shape index (κ1) is 27.9. The SMILES string of the molecule is CC[C@@]1(OC(C)=O)C(=O)OCc2c1cc1n(c2=O)Cc2c-1nc1cccc([N+](=O)[O-])c1c2NCCc1ccc(OC)cc1. The van der Waals surface area contributed by atoms with E-state index in [0.717, 1.165) is 11.3 Å². The maximum atomic E-state index is 13.9. The smallest absolute Gasteiger partial charge is 0.355 e. The Hall–Kier alpha value is -5.26. The summed E-state index contributed by atoms with van der Waals surface area (Å²) in [5.41, 5.74) is 1.59. The van der Waals surface area contributed by atoms with Crippen molar-refractivity contribution in [3.8, 4) is 17.1 Å². The molecule has 0 saturated carbocycles. The molecule has 4 aromatic rings. The van der Waals surface area contributed by atoms with E-state index >= 15 is 0 Å². The summed E-state index contributed by atoms with van der Waals surface area (Å²) in [5.74, 6) is -0.695. The molecular formula is C31H28N4O8. The van der Waals surface area contributed by atoms with E-state index < -0.39 is 28.0 Å². The molecule has 2 aromatic heterocycles. The highest BCUT2D eigenvalue weighted by Gasteiger charge is 2.50. The van der Waals surface area contributed by atoms with Gasteiger partial charge >= 0.3 is 11.9 Å². The van der Waals surface area contributed by atoms with E-state index in [4.69, 9.17) is 19.2 Å². The lowest BCUT2D eigenvalue weighted by atomic mass is 9.85. The fraction of sp³-hybridized carbons (Fsp3) is 0.290. The average Bonchev–Trinajstić information content (AvgIpc) is 3.37. The van der Waals surface area contributed by atoms with Gasteiger partial charge in [0.15, 0.2) is 0 Å². The molecule has 0 unspecified atom stereocenters. The lowest BCUT2D eigenvalue weighted by Crippen LogP contribution is -2.47. The lowest BCUT2D eigenvalue weighted by Gasteiger charge is -2.35. The lowest BCUT2D eigenvalue weighted by molar-refractivity contribution is -0.383. The molecule has 0 radical (unpaired) electrons. The van der Waals surface area contributed by atoms with Crippen LogP contribution < -0.4 is 15.6 Å². The number of carbonyl (C=O) groups is 2. The largest absolute Gasteiger partial charge is 0.497 e. The molecule has 1 atom stereocenters. The van der Waals surface area contributed by atoms with Gasteiger partial charge in [-0.05, 0) is 42.7 Å². The molecule has 2 aliphatic rings. The second kappa shape index (κ2) is 10.5. The number of aromatic nitrogens is 2. The number of nitrogens with one attached hydrogen (secondary N) is 1. The molecule has 0 saturated heterocycles. The molecule has 2 aromatic carbocycles. The Morgan fingerprint density at radius 2 is 1.95 bits per heavy atom. The van der Waals surface area contributed by atoms with Crippen LogP contribution in [0.1, 0.15) is 42.5 Å². The number of hydrogen-bond donors (Lipinski definition) is 1. The van der Waals surface area contributed by atoms with Gasteiger partial charge in [-0.3, -0.25) is 19.7 Å².